The van der Waals surface area contributed by atoms with Gasteiger partial charge in [-0.3, -0.25) is 14.7 Å². The number of carbonyl (C=O) groups excluding carboxylic acids is 1. The van der Waals surface area contributed by atoms with Gasteiger partial charge in [-0.15, -0.1) is 0 Å². The summed E-state index contributed by atoms with van der Waals surface area (Å²) in [7, 11) is 0. The molecular weight excluding hydrogens is 326 g/mol. The minimum Gasteiger partial charge on any atom is -0.353 e. The van der Waals surface area contributed by atoms with E-state index in [2.05, 4.69) is 37.2 Å². The van der Waals surface area contributed by atoms with Gasteiger partial charge in [-0.05, 0) is 42.5 Å². The van der Waals surface area contributed by atoms with Gasteiger partial charge in [0.25, 0.3) is 0 Å². The fraction of sp³-hybridized carbons (Fsp3) is 0.450. The Balaban J connectivity index is 1.22. The number of nitrogens with zero attached hydrogens (tertiary/aromatic N) is 4. The number of hydrogen-bond acceptors (Lipinski definition) is 5. The number of amides is 1. The summed E-state index contributed by atoms with van der Waals surface area (Å²) in [4.78, 5) is 25.3. The third-order valence-corrected chi connectivity index (χ3v) is 5.28. The fourth-order valence-corrected chi connectivity index (χ4v) is 3.79. The first-order chi connectivity index (χ1) is 12.8. The topological polar surface area (TPSA) is 61.4 Å². The highest BCUT2D eigenvalue weighted by atomic mass is 16.1. The summed E-state index contributed by atoms with van der Waals surface area (Å²) in [5.74, 6) is 1.03. The quantitative estimate of drug-likeness (QED) is 0.894. The van der Waals surface area contributed by atoms with Crippen LogP contribution >= 0.6 is 0 Å². The zero-order valence-corrected chi connectivity index (χ0v) is 15.0. The molecule has 1 aromatic carbocycles. The molecule has 0 unspecified atom stereocenters. The van der Waals surface area contributed by atoms with Gasteiger partial charge in [0.1, 0.15) is 5.82 Å². The van der Waals surface area contributed by atoms with Gasteiger partial charge in [-0.1, -0.05) is 6.07 Å². The van der Waals surface area contributed by atoms with Gasteiger partial charge in [-0.25, -0.2) is 4.98 Å². The second-order valence-corrected chi connectivity index (χ2v) is 7.03. The predicted molar refractivity (Wildman–Crippen MR) is 102 cm³/mol. The molecule has 6 heteroatoms. The lowest BCUT2D eigenvalue weighted by Crippen LogP contribution is -2.47. The van der Waals surface area contributed by atoms with E-state index in [1.54, 1.807) is 18.6 Å². The smallest absolute Gasteiger partial charge is 0.225 e. The Hall–Kier alpha value is -2.47. The fourth-order valence-electron chi connectivity index (χ4n) is 3.79. The van der Waals surface area contributed by atoms with Crippen LogP contribution in [0, 0.1) is 0 Å². The normalized spacial score (nSPS) is 17.2. The second-order valence-electron chi connectivity index (χ2n) is 7.03. The van der Waals surface area contributed by atoms with Crippen LogP contribution in [0.2, 0.25) is 0 Å². The molecular formula is C20H25N5O. The highest BCUT2D eigenvalue weighted by Crippen LogP contribution is 2.25. The van der Waals surface area contributed by atoms with Gasteiger partial charge in [0.15, 0.2) is 0 Å². The monoisotopic (exact) mass is 351 g/mol. The Labute approximate surface area is 154 Å². The summed E-state index contributed by atoms with van der Waals surface area (Å²) in [6.45, 7) is 4.53. The van der Waals surface area contributed by atoms with Crippen molar-refractivity contribution in [1.82, 2.24) is 14.9 Å². The molecule has 1 fully saturated rings. The number of rotatable bonds is 5. The maximum Gasteiger partial charge on any atom is 0.225 e. The van der Waals surface area contributed by atoms with Gasteiger partial charge >= 0.3 is 0 Å². The molecule has 1 saturated heterocycles. The summed E-state index contributed by atoms with van der Waals surface area (Å²) in [6.07, 6.45) is 9.29. The molecule has 0 spiro atoms. The maximum absolute atomic E-state index is 12.3. The minimum absolute atomic E-state index is 0.0966. The number of anilines is 2. The summed E-state index contributed by atoms with van der Waals surface area (Å²) in [5, 5.41) is 3.05. The van der Waals surface area contributed by atoms with Crippen molar-refractivity contribution in [3.63, 3.8) is 0 Å². The molecule has 26 heavy (non-hydrogen) atoms. The zero-order valence-electron chi connectivity index (χ0n) is 15.0. The van der Waals surface area contributed by atoms with Crippen molar-refractivity contribution < 1.29 is 4.79 Å². The number of piperazine rings is 1. The van der Waals surface area contributed by atoms with Crippen LogP contribution in [0.3, 0.4) is 0 Å². The molecule has 0 bridgehead atoms. The van der Waals surface area contributed by atoms with Crippen LogP contribution in [0.15, 0.2) is 36.8 Å². The van der Waals surface area contributed by atoms with Gasteiger partial charge in [-0.2, -0.15) is 0 Å². The van der Waals surface area contributed by atoms with Crippen molar-refractivity contribution in [3.05, 3.63) is 47.9 Å². The van der Waals surface area contributed by atoms with Crippen LogP contribution in [-0.2, 0) is 17.6 Å². The first kappa shape index (κ1) is 17.0. The lowest BCUT2D eigenvalue weighted by molar-refractivity contribution is -0.116. The summed E-state index contributed by atoms with van der Waals surface area (Å²) < 4.78 is 0. The van der Waals surface area contributed by atoms with Crippen LogP contribution in [0.1, 0.15) is 24.0 Å². The molecule has 1 amide bonds. The van der Waals surface area contributed by atoms with Crippen molar-refractivity contribution in [2.45, 2.75) is 25.7 Å². The van der Waals surface area contributed by atoms with Crippen molar-refractivity contribution in [2.24, 2.45) is 0 Å². The van der Waals surface area contributed by atoms with E-state index >= 15 is 0 Å². The third-order valence-electron chi connectivity index (χ3n) is 5.28. The predicted octanol–water partition coefficient (Wildman–Crippen LogP) is 2.12. The molecule has 136 valence electrons. The zero-order chi connectivity index (χ0) is 17.8. The van der Waals surface area contributed by atoms with E-state index < -0.39 is 0 Å². The van der Waals surface area contributed by atoms with E-state index in [9.17, 15) is 4.79 Å². The first-order valence-electron chi connectivity index (χ1n) is 9.43. The molecule has 2 heterocycles. The highest BCUT2D eigenvalue weighted by Gasteiger charge is 2.19. The van der Waals surface area contributed by atoms with Crippen LogP contribution < -0.4 is 10.2 Å². The average molecular weight is 351 g/mol. The van der Waals surface area contributed by atoms with E-state index in [1.165, 1.54) is 24.0 Å². The number of carbonyl (C=O) groups is 1. The number of hydrogen-bond donors (Lipinski definition) is 1. The first-order valence-corrected chi connectivity index (χ1v) is 9.43. The van der Waals surface area contributed by atoms with Crippen molar-refractivity contribution in [1.29, 1.82) is 0 Å². The van der Waals surface area contributed by atoms with Crippen LogP contribution in [0.4, 0.5) is 11.5 Å². The molecule has 1 aliphatic carbocycles. The van der Waals surface area contributed by atoms with E-state index in [0.717, 1.165) is 50.6 Å². The Kier molecular flexibility index (Phi) is 5.11. The maximum atomic E-state index is 12.3. The molecule has 2 aromatic rings. The Morgan fingerprint density at radius 3 is 2.73 bits per heavy atom. The molecule has 0 atom stereocenters. The Bertz CT molecular complexity index is 756. The van der Waals surface area contributed by atoms with Crippen LogP contribution in [0.25, 0.3) is 0 Å². The molecule has 1 aliphatic heterocycles. The van der Waals surface area contributed by atoms with Crippen molar-refractivity contribution >= 4 is 17.4 Å². The van der Waals surface area contributed by atoms with Crippen molar-refractivity contribution in [3.8, 4) is 0 Å². The number of fused-ring (bicyclic) bond motifs is 1. The number of aryl methyl sites for hydroxylation is 2. The largest absolute Gasteiger partial charge is 0.353 e. The molecule has 0 saturated carbocycles. The molecule has 1 aromatic heterocycles. The Morgan fingerprint density at radius 1 is 1.08 bits per heavy atom. The number of nitrogens with one attached hydrogen (secondary N) is 1. The van der Waals surface area contributed by atoms with Crippen LogP contribution in [-0.4, -0.2) is 53.5 Å². The van der Waals surface area contributed by atoms with E-state index in [-0.39, 0.29) is 5.91 Å². The lowest BCUT2D eigenvalue weighted by Gasteiger charge is -2.35. The molecule has 6 nitrogen and oxygen atoms in total. The van der Waals surface area contributed by atoms with Crippen LogP contribution in [0.5, 0.6) is 0 Å². The van der Waals surface area contributed by atoms with Crippen molar-refractivity contribution in [2.75, 3.05) is 42.9 Å². The number of aromatic nitrogens is 2. The average Bonchev–Trinajstić information content (AvgIpc) is 3.15. The SMILES string of the molecule is O=C(CCN1CCN(c2cnccn2)CC1)Nc1ccc2c(c1)CCC2. The standard InChI is InChI=1S/C20H25N5O/c26-20(23-18-5-4-16-2-1-3-17(16)14-18)6-9-24-10-12-25(13-11-24)19-15-21-7-8-22-19/h4-5,7-8,14-15H,1-3,6,9-13H2,(H,23,26). The van der Waals surface area contributed by atoms with E-state index in [0.29, 0.717) is 6.42 Å². The summed E-state index contributed by atoms with van der Waals surface area (Å²) >= 11 is 0. The van der Waals surface area contributed by atoms with Gasteiger partial charge in [0, 0.05) is 57.2 Å². The minimum atomic E-state index is 0.0966. The molecule has 0 radical (unpaired) electrons. The highest BCUT2D eigenvalue weighted by molar-refractivity contribution is 5.91. The summed E-state index contributed by atoms with van der Waals surface area (Å²) in [5.41, 5.74) is 3.76. The second kappa shape index (κ2) is 7.83. The van der Waals surface area contributed by atoms with Gasteiger partial charge in [0.05, 0.1) is 6.20 Å². The third kappa shape index (κ3) is 4.02. The molecule has 1 N–H and O–H groups in total. The van der Waals surface area contributed by atoms with Gasteiger partial charge in [0.2, 0.25) is 5.91 Å². The molecule has 2 aliphatic rings. The van der Waals surface area contributed by atoms with E-state index in [4.69, 9.17) is 0 Å². The van der Waals surface area contributed by atoms with E-state index in [1.807, 2.05) is 6.07 Å². The van der Waals surface area contributed by atoms with Gasteiger partial charge < -0.3 is 10.2 Å². The number of benzene rings is 1. The molecule has 4 rings (SSSR count). The lowest BCUT2D eigenvalue weighted by atomic mass is 10.1. The Morgan fingerprint density at radius 2 is 1.92 bits per heavy atom. The summed E-state index contributed by atoms with van der Waals surface area (Å²) in [6, 6.07) is 6.32.